The maximum absolute atomic E-state index is 5.79. The van der Waals surface area contributed by atoms with E-state index in [4.69, 9.17) is 5.73 Å². The molecule has 0 saturated carbocycles. The highest BCUT2D eigenvalue weighted by molar-refractivity contribution is 7.10. The molecule has 0 aliphatic carbocycles. The van der Waals surface area contributed by atoms with Crippen LogP contribution in [0, 0.1) is 0 Å². The number of nitrogens with two attached hydrogens (primary N) is 1. The van der Waals surface area contributed by atoms with Gasteiger partial charge in [-0.15, -0.1) is 11.3 Å². The van der Waals surface area contributed by atoms with Gasteiger partial charge >= 0.3 is 0 Å². The van der Waals surface area contributed by atoms with Crippen molar-refractivity contribution in [2.45, 2.75) is 33.7 Å². The normalized spacial score (nSPS) is 10.6. The molecule has 0 aliphatic heterocycles. The molecule has 0 spiro atoms. The summed E-state index contributed by atoms with van der Waals surface area (Å²) < 4.78 is 0. The fourth-order valence-electron chi connectivity index (χ4n) is 2.10. The van der Waals surface area contributed by atoms with E-state index >= 15 is 0 Å². The van der Waals surface area contributed by atoms with Gasteiger partial charge in [0, 0.05) is 18.0 Å². The van der Waals surface area contributed by atoms with Crippen LogP contribution in [0.4, 0.5) is 17.8 Å². The summed E-state index contributed by atoms with van der Waals surface area (Å²) in [4.78, 5) is 16.2. The number of nitrogens with zero attached hydrogens (tertiary/aromatic N) is 4. The van der Waals surface area contributed by atoms with E-state index in [2.05, 4.69) is 52.5 Å². The maximum atomic E-state index is 5.79. The molecule has 0 fully saturated rings. The van der Waals surface area contributed by atoms with Gasteiger partial charge < -0.3 is 16.0 Å². The number of aromatic nitrogens is 3. The van der Waals surface area contributed by atoms with Gasteiger partial charge in [0.05, 0.1) is 6.54 Å². The van der Waals surface area contributed by atoms with Crippen LogP contribution in [-0.2, 0) is 13.0 Å². The SMILES string of the molecule is CCc1ccsc1CNc1nc(N)nc(N(CC)CC)n1. The van der Waals surface area contributed by atoms with E-state index in [1.54, 1.807) is 11.3 Å². The molecule has 0 saturated heterocycles. The van der Waals surface area contributed by atoms with E-state index < -0.39 is 0 Å². The van der Waals surface area contributed by atoms with Crippen molar-refractivity contribution in [1.29, 1.82) is 0 Å². The van der Waals surface area contributed by atoms with E-state index in [1.807, 2.05) is 4.90 Å². The third kappa shape index (κ3) is 3.81. The van der Waals surface area contributed by atoms with Crippen molar-refractivity contribution < 1.29 is 0 Å². The van der Waals surface area contributed by atoms with Crippen LogP contribution in [0.3, 0.4) is 0 Å². The first-order valence-electron chi connectivity index (χ1n) is 7.23. The molecule has 0 unspecified atom stereocenters. The summed E-state index contributed by atoms with van der Waals surface area (Å²) in [6.07, 6.45) is 1.03. The molecule has 2 aromatic heterocycles. The number of hydrogen-bond donors (Lipinski definition) is 2. The number of hydrogen-bond acceptors (Lipinski definition) is 7. The Labute approximate surface area is 129 Å². The van der Waals surface area contributed by atoms with Crippen molar-refractivity contribution in [3.8, 4) is 0 Å². The molecule has 2 rings (SSSR count). The summed E-state index contributed by atoms with van der Waals surface area (Å²) in [6.45, 7) is 8.67. The molecule has 2 aromatic rings. The van der Waals surface area contributed by atoms with E-state index in [1.165, 1.54) is 10.4 Å². The zero-order chi connectivity index (χ0) is 15.2. The Morgan fingerprint density at radius 3 is 2.62 bits per heavy atom. The number of rotatable bonds is 7. The van der Waals surface area contributed by atoms with Crippen LogP contribution in [0.1, 0.15) is 31.2 Å². The van der Waals surface area contributed by atoms with Gasteiger partial charge in [-0.05, 0) is 37.3 Å². The standard InChI is InChI=1S/C14H22N6S/c1-4-10-7-8-21-11(10)9-16-13-17-12(15)18-14(19-13)20(5-2)6-3/h7-8H,4-6,9H2,1-3H3,(H3,15,16,17,18,19). The predicted molar refractivity (Wildman–Crippen MR) is 88.8 cm³/mol. The second kappa shape index (κ2) is 7.21. The fraction of sp³-hybridized carbons (Fsp3) is 0.500. The van der Waals surface area contributed by atoms with Gasteiger partial charge in [0.15, 0.2) is 0 Å². The van der Waals surface area contributed by atoms with Gasteiger partial charge in [-0.25, -0.2) is 0 Å². The highest BCUT2D eigenvalue weighted by atomic mass is 32.1. The molecular formula is C14H22N6S. The smallest absolute Gasteiger partial charge is 0.231 e. The van der Waals surface area contributed by atoms with Gasteiger partial charge in [0.2, 0.25) is 17.8 Å². The van der Waals surface area contributed by atoms with Crippen molar-refractivity contribution in [3.63, 3.8) is 0 Å². The van der Waals surface area contributed by atoms with Gasteiger partial charge in [-0.1, -0.05) is 6.92 Å². The third-order valence-corrected chi connectivity index (χ3v) is 4.28. The minimum atomic E-state index is 0.247. The Morgan fingerprint density at radius 2 is 1.95 bits per heavy atom. The third-order valence-electron chi connectivity index (χ3n) is 3.31. The molecular weight excluding hydrogens is 284 g/mol. The lowest BCUT2D eigenvalue weighted by Crippen LogP contribution is -2.25. The number of nitrogen functional groups attached to an aromatic ring is 1. The van der Waals surface area contributed by atoms with Crippen LogP contribution >= 0.6 is 11.3 Å². The summed E-state index contributed by atoms with van der Waals surface area (Å²) in [7, 11) is 0. The van der Waals surface area contributed by atoms with Gasteiger partial charge in [0.25, 0.3) is 0 Å². The Balaban J connectivity index is 2.13. The maximum Gasteiger partial charge on any atom is 0.231 e. The largest absolute Gasteiger partial charge is 0.368 e. The molecule has 2 heterocycles. The molecule has 6 nitrogen and oxygen atoms in total. The van der Waals surface area contributed by atoms with Crippen molar-refractivity contribution in [2.24, 2.45) is 0 Å². The predicted octanol–water partition coefficient (Wildman–Crippen LogP) is 2.54. The van der Waals surface area contributed by atoms with Crippen molar-refractivity contribution >= 4 is 29.2 Å². The fourth-order valence-corrected chi connectivity index (χ4v) is 3.02. The van der Waals surface area contributed by atoms with Crippen molar-refractivity contribution in [2.75, 3.05) is 29.0 Å². The Kier molecular flexibility index (Phi) is 5.32. The Hall–Kier alpha value is -1.89. The second-order valence-corrected chi connectivity index (χ2v) is 5.57. The molecule has 0 amide bonds. The molecule has 3 N–H and O–H groups in total. The molecule has 0 atom stereocenters. The van der Waals surface area contributed by atoms with Crippen LogP contribution in [-0.4, -0.2) is 28.0 Å². The minimum Gasteiger partial charge on any atom is -0.368 e. The molecule has 0 radical (unpaired) electrons. The average molecular weight is 306 g/mol. The van der Waals surface area contributed by atoms with Crippen LogP contribution in [0.15, 0.2) is 11.4 Å². The molecule has 114 valence electrons. The van der Waals surface area contributed by atoms with Crippen molar-refractivity contribution in [3.05, 3.63) is 21.9 Å². The quantitative estimate of drug-likeness (QED) is 0.818. The van der Waals surface area contributed by atoms with Crippen molar-refractivity contribution in [1.82, 2.24) is 15.0 Å². The molecule has 21 heavy (non-hydrogen) atoms. The van der Waals surface area contributed by atoms with Crippen LogP contribution < -0.4 is 16.0 Å². The first-order valence-corrected chi connectivity index (χ1v) is 8.11. The zero-order valence-corrected chi connectivity index (χ0v) is 13.6. The van der Waals surface area contributed by atoms with E-state index in [0.717, 1.165) is 19.5 Å². The highest BCUT2D eigenvalue weighted by Crippen LogP contribution is 2.19. The summed E-state index contributed by atoms with van der Waals surface area (Å²) in [6, 6.07) is 2.16. The molecule has 0 bridgehead atoms. The summed E-state index contributed by atoms with van der Waals surface area (Å²) in [5, 5.41) is 5.36. The first-order chi connectivity index (χ1) is 10.2. The lowest BCUT2D eigenvalue weighted by atomic mass is 10.2. The zero-order valence-electron chi connectivity index (χ0n) is 12.8. The van der Waals surface area contributed by atoms with E-state index in [9.17, 15) is 0 Å². The summed E-state index contributed by atoms with van der Waals surface area (Å²) >= 11 is 1.74. The topological polar surface area (TPSA) is 80.0 Å². The minimum absolute atomic E-state index is 0.247. The molecule has 7 heteroatoms. The van der Waals surface area contributed by atoms with Crippen LogP contribution in [0.2, 0.25) is 0 Å². The first kappa shape index (κ1) is 15.5. The number of anilines is 3. The average Bonchev–Trinajstić information content (AvgIpc) is 2.93. The Bertz CT molecular complexity index is 579. The van der Waals surface area contributed by atoms with E-state index in [-0.39, 0.29) is 5.95 Å². The summed E-state index contributed by atoms with van der Waals surface area (Å²) in [5.74, 6) is 1.40. The lowest BCUT2D eigenvalue weighted by Gasteiger charge is -2.19. The number of thiophene rings is 1. The number of aryl methyl sites for hydroxylation is 1. The highest BCUT2D eigenvalue weighted by Gasteiger charge is 2.10. The monoisotopic (exact) mass is 306 g/mol. The van der Waals surface area contributed by atoms with Crippen LogP contribution in [0.5, 0.6) is 0 Å². The van der Waals surface area contributed by atoms with E-state index in [0.29, 0.717) is 18.4 Å². The lowest BCUT2D eigenvalue weighted by molar-refractivity contribution is 0.814. The van der Waals surface area contributed by atoms with Gasteiger partial charge in [-0.2, -0.15) is 15.0 Å². The van der Waals surface area contributed by atoms with Gasteiger partial charge in [-0.3, -0.25) is 0 Å². The molecule has 0 aromatic carbocycles. The van der Waals surface area contributed by atoms with Crippen LogP contribution in [0.25, 0.3) is 0 Å². The van der Waals surface area contributed by atoms with Gasteiger partial charge in [0.1, 0.15) is 0 Å². The summed E-state index contributed by atoms with van der Waals surface area (Å²) in [5.41, 5.74) is 7.15. The second-order valence-electron chi connectivity index (χ2n) is 4.57. The molecule has 0 aliphatic rings. The number of nitrogens with one attached hydrogen (secondary N) is 1. The Morgan fingerprint density at radius 1 is 1.19 bits per heavy atom.